The second kappa shape index (κ2) is 9.53. The number of fused-ring (bicyclic) bond motifs is 1. The lowest BCUT2D eigenvalue weighted by Crippen LogP contribution is -2.40. The Balaban J connectivity index is 0.000000858. The van der Waals surface area contributed by atoms with Crippen molar-refractivity contribution in [3.63, 3.8) is 0 Å². The second-order valence-electron chi connectivity index (χ2n) is 6.71. The molecule has 0 aromatic carbocycles. The topological polar surface area (TPSA) is 142 Å². The zero-order chi connectivity index (χ0) is 22.4. The van der Waals surface area contributed by atoms with Gasteiger partial charge >= 0.3 is 0 Å². The first kappa shape index (κ1) is 21.5. The maximum Gasteiger partial charge on any atom is 0.251 e. The predicted octanol–water partition coefficient (Wildman–Crippen LogP) is 0.272. The van der Waals surface area contributed by atoms with Gasteiger partial charge in [0.25, 0.3) is 5.91 Å². The van der Waals surface area contributed by atoms with Gasteiger partial charge in [0.05, 0.1) is 35.4 Å². The molecule has 0 bridgehead atoms. The fraction of sp³-hybridized carbons (Fsp3) is 0.190. The average Bonchev–Trinajstić information content (AvgIpc) is 3.30. The van der Waals surface area contributed by atoms with Crippen LogP contribution in [-0.4, -0.2) is 33.5 Å². The van der Waals surface area contributed by atoms with Crippen LogP contribution < -0.4 is 20.7 Å². The van der Waals surface area contributed by atoms with Crippen molar-refractivity contribution in [1.82, 2.24) is 19.9 Å². The SMILES string of the molecule is Cc1noc(C)c1-c1cnc2cc(C(=O)NCC[n+]3cccc(N)c3)ccn12.O=C[O-]. The summed E-state index contributed by atoms with van der Waals surface area (Å²) >= 11 is 0. The average molecular weight is 422 g/mol. The molecule has 4 aromatic heterocycles. The minimum atomic E-state index is -0.500. The molecule has 4 heterocycles. The Morgan fingerprint density at radius 1 is 1.39 bits per heavy atom. The number of rotatable bonds is 5. The van der Waals surface area contributed by atoms with Gasteiger partial charge < -0.3 is 25.5 Å². The number of carbonyl (C=O) groups is 2. The van der Waals surface area contributed by atoms with E-state index in [9.17, 15) is 4.79 Å². The molecule has 3 N–H and O–H groups in total. The van der Waals surface area contributed by atoms with Gasteiger partial charge in [0.15, 0.2) is 18.9 Å². The van der Waals surface area contributed by atoms with Gasteiger partial charge in [0.2, 0.25) is 0 Å². The first-order chi connectivity index (χ1) is 14.9. The van der Waals surface area contributed by atoms with E-state index in [1.807, 2.05) is 53.5 Å². The second-order valence-corrected chi connectivity index (χ2v) is 6.71. The number of amides is 1. The van der Waals surface area contributed by atoms with Crippen LogP contribution in [0.1, 0.15) is 21.8 Å². The molecule has 4 rings (SSSR count). The molecule has 0 unspecified atom stereocenters. The van der Waals surface area contributed by atoms with Crippen molar-refractivity contribution in [1.29, 1.82) is 0 Å². The summed E-state index contributed by atoms with van der Waals surface area (Å²) in [6.45, 7) is 4.40. The largest absolute Gasteiger partial charge is 0.554 e. The quantitative estimate of drug-likeness (QED) is 0.347. The maximum atomic E-state index is 12.5. The summed E-state index contributed by atoms with van der Waals surface area (Å²) in [6.07, 6.45) is 7.35. The number of pyridine rings is 2. The molecule has 0 saturated heterocycles. The van der Waals surface area contributed by atoms with Crippen LogP contribution >= 0.6 is 0 Å². The van der Waals surface area contributed by atoms with E-state index < -0.39 is 6.47 Å². The van der Waals surface area contributed by atoms with E-state index >= 15 is 0 Å². The minimum absolute atomic E-state index is 0.145. The van der Waals surface area contributed by atoms with E-state index in [2.05, 4.69) is 15.5 Å². The number of nitrogens with zero attached hydrogens (tertiary/aromatic N) is 4. The monoisotopic (exact) mass is 422 g/mol. The third kappa shape index (κ3) is 4.86. The van der Waals surface area contributed by atoms with Gasteiger partial charge in [-0.05, 0) is 32.0 Å². The summed E-state index contributed by atoms with van der Waals surface area (Å²) in [5.41, 5.74) is 10.3. The van der Waals surface area contributed by atoms with Crippen molar-refractivity contribution in [3.8, 4) is 11.3 Å². The van der Waals surface area contributed by atoms with Crippen molar-refractivity contribution in [3.05, 3.63) is 66.1 Å². The molecular weight excluding hydrogens is 400 g/mol. The van der Waals surface area contributed by atoms with E-state index in [-0.39, 0.29) is 5.91 Å². The number of nitrogens with two attached hydrogens (primary N) is 1. The molecular formula is C21H22N6O4. The van der Waals surface area contributed by atoms with E-state index in [0.29, 0.717) is 30.0 Å². The van der Waals surface area contributed by atoms with Gasteiger partial charge in [-0.3, -0.25) is 9.20 Å². The number of aryl methyl sites for hydroxylation is 2. The molecule has 10 nitrogen and oxygen atoms in total. The van der Waals surface area contributed by atoms with Crippen molar-refractivity contribution in [2.45, 2.75) is 20.4 Å². The molecule has 0 saturated carbocycles. The fourth-order valence-corrected chi connectivity index (χ4v) is 3.24. The molecule has 0 spiro atoms. The molecule has 1 amide bonds. The molecule has 10 heteroatoms. The number of carbonyl (C=O) groups excluding carboxylic acids is 2. The number of imidazole rings is 1. The molecule has 0 aliphatic rings. The highest BCUT2D eigenvalue weighted by Gasteiger charge is 2.16. The molecule has 0 radical (unpaired) electrons. The van der Waals surface area contributed by atoms with Gasteiger partial charge in [0, 0.05) is 24.3 Å². The Kier molecular flexibility index (Phi) is 6.61. The van der Waals surface area contributed by atoms with Crippen LogP contribution in [0.25, 0.3) is 16.9 Å². The Hall–Kier alpha value is -4.21. The molecule has 0 fully saturated rings. The van der Waals surface area contributed by atoms with Crippen LogP contribution in [0.3, 0.4) is 0 Å². The van der Waals surface area contributed by atoms with E-state index in [0.717, 1.165) is 22.7 Å². The lowest BCUT2D eigenvalue weighted by molar-refractivity contribution is -0.694. The van der Waals surface area contributed by atoms with E-state index in [4.69, 9.17) is 20.2 Å². The standard InChI is InChI=1S/C20H20N6O2.CH2O2/c1-13-19(14(2)28-24-13)17-11-23-18-10-15(5-8-26(17)18)20(27)22-6-9-25-7-3-4-16(21)12-25;2-1-3/h3-5,7-8,10-12H,6,9,21H2,1-2H3;1H,(H,2,3). The highest BCUT2D eigenvalue weighted by molar-refractivity contribution is 5.95. The summed E-state index contributed by atoms with van der Waals surface area (Å²) in [7, 11) is 0. The molecule has 160 valence electrons. The number of nitrogens with one attached hydrogen (secondary N) is 1. The number of hydrogen-bond acceptors (Lipinski definition) is 7. The molecule has 0 atom stereocenters. The van der Waals surface area contributed by atoms with Crippen molar-refractivity contribution < 1.29 is 23.8 Å². The first-order valence-corrected chi connectivity index (χ1v) is 9.43. The Morgan fingerprint density at radius 3 is 2.84 bits per heavy atom. The zero-order valence-electron chi connectivity index (χ0n) is 17.1. The lowest BCUT2D eigenvalue weighted by Gasteiger charge is -2.05. The molecule has 0 aliphatic carbocycles. The van der Waals surface area contributed by atoms with E-state index in [1.165, 1.54) is 0 Å². The Labute approximate surface area is 177 Å². The number of anilines is 1. The predicted molar refractivity (Wildman–Crippen MR) is 110 cm³/mol. The van der Waals surface area contributed by atoms with Crippen molar-refractivity contribution in [2.24, 2.45) is 0 Å². The number of aromatic nitrogens is 4. The molecule has 0 aliphatic heterocycles. The highest BCUT2D eigenvalue weighted by atomic mass is 16.5. The van der Waals surface area contributed by atoms with Crippen molar-refractivity contribution >= 4 is 23.7 Å². The third-order valence-electron chi connectivity index (χ3n) is 4.60. The summed E-state index contributed by atoms with van der Waals surface area (Å²) in [5.74, 6) is 0.592. The smallest absolute Gasteiger partial charge is 0.251 e. The minimum Gasteiger partial charge on any atom is -0.554 e. The van der Waals surface area contributed by atoms with Crippen LogP contribution in [0.15, 0.2) is 53.6 Å². The van der Waals surface area contributed by atoms with Crippen LogP contribution in [0.4, 0.5) is 5.69 Å². The molecule has 31 heavy (non-hydrogen) atoms. The number of nitrogen functional groups attached to an aromatic ring is 1. The zero-order valence-corrected chi connectivity index (χ0v) is 17.1. The van der Waals surface area contributed by atoms with Crippen LogP contribution in [0.2, 0.25) is 0 Å². The van der Waals surface area contributed by atoms with Gasteiger partial charge in [-0.1, -0.05) is 5.16 Å². The van der Waals surface area contributed by atoms with E-state index in [1.54, 1.807) is 18.3 Å². The highest BCUT2D eigenvalue weighted by Crippen LogP contribution is 2.27. The summed E-state index contributed by atoms with van der Waals surface area (Å²) < 4.78 is 9.11. The first-order valence-electron chi connectivity index (χ1n) is 9.43. The van der Waals surface area contributed by atoms with Gasteiger partial charge in [0.1, 0.15) is 11.4 Å². The lowest BCUT2D eigenvalue weighted by atomic mass is 10.1. The van der Waals surface area contributed by atoms with Crippen LogP contribution in [0, 0.1) is 13.8 Å². The van der Waals surface area contributed by atoms with Crippen LogP contribution in [0.5, 0.6) is 0 Å². The normalized spacial score (nSPS) is 10.4. The van der Waals surface area contributed by atoms with Gasteiger partial charge in [-0.25, -0.2) is 9.55 Å². The summed E-state index contributed by atoms with van der Waals surface area (Å²) in [5, 5.41) is 15.2. The summed E-state index contributed by atoms with van der Waals surface area (Å²) in [4.78, 5) is 25.2. The summed E-state index contributed by atoms with van der Waals surface area (Å²) in [6, 6.07) is 7.25. The van der Waals surface area contributed by atoms with Gasteiger partial charge in [-0.2, -0.15) is 0 Å². The Bertz CT molecular complexity index is 1190. The number of carboxylic acid groups (broad SMARTS) is 1. The Morgan fingerprint density at radius 2 is 2.16 bits per heavy atom. The molecule has 4 aromatic rings. The third-order valence-corrected chi connectivity index (χ3v) is 4.60. The van der Waals surface area contributed by atoms with Crippen LogP contribution in [-0.2, 0) is 11.3 Å². The number of hydrogen-bond donors (Lipinski definition) is 2. The maximum absolute atomic E-state index is 12.5. The fourth-order valence-electron chi connectivity index (χ4n) is 3.24. The van der Waals surface area contributed by atoms with Gasteiger partial charge in [-0.15, -0.1) is 0 Å². The van der Waals surface area contributed by atoms with Crippen molar-refractivity contribution in [2.75, 3.05) is 12.3 Å².